The molecule has 0 atom stereocenters. The number of hydrogen-bond acceptors (Lipinski definition) is 3. The fourth-order valence-electron chi connectivity index (χ4n) is 4.92. The van der Waals surface area contributed by atoms with Gasteiger partial charge in [0.15, 0.2) is 23.3 Å². The molecule has 0 bridgehead atoms. The molecule has 2 aromatic heterocycles. The van der Waals surface area contributed by atoms with Crippen LogP contribution in [-0.4, -0.2) is 15.1 Å². The molecule has 3 nitrogen and oxygen atoms in total. The number of nitrogens with zero attached hydrogens (tertiary/aromatic N) is 2. The largest absolute Gasteiger partial charge is 0.507 e. The summed E-state index contributed by atoms with van der Waals surface area (Å²) in [6, 6.07) is 18.6. The second-order valence-electron chi connectivity index (χ2n) is 8.93. The second-order valence-corrected chi connectivity index (χ2v) is 8.93. The van der Waals surface area contributed by atoms with Gasteiger partial charge in [0.1, 0.15) is 5.75 Å². The van der Waals surface area contributed by atoms with E-state index in [1.807, 2.05) is 6.07 Å². The summed E-state index contributed by atoms with van der Waals surface area (Å²) in [5.41, 5.74) is 2.96. The standard InChI is InChI=1S/C30H17F5N2O/c31-25-24(26(32)28(34)29(35)27(25)33)19-13-16(21-6-3-4-12-36-21)14-20-17(19)10-8-15-9-11-22(37-30(15)20)18-5-1-2-7-23(18)38/h1-7,9,11-14,38H,8,10H2. The van der Waals surface area contributed by atoms with Gasteiger partial charge in [-0.2, -0.15) is 0 Å². The molecule has 0 saturated heterocycles. The lowest BCUT2D eigenvalue weighted by Crippen LogP contribution is -2.11. The van der Waals surface area contributed by atoms with Crippen molar-refractivity contribution in [3.63, 3.8) is 0 Å². The van der Waals surface area contributed by atoms with E-state index in [4.69, 9.17) is 4.98 Å². The predicted molar refractivity (Wildman–Crippen MR) is 133 cm³/mol. The number of aromatic hydroxyl groups is 1. The molecular formula is C30H17F5N2O. The minimum Gasteiger partial charge on any atom is -0.507 e. The van der Waals surface area contributed by atoms with Crippen LogP contribution in [0.1, 0.15) is 11.1 Å². The minimum atomic E-state index is -2.21. The quantitative estimate of drug-likeness (QED) is 0.152. The molecule has 0 amide bonds. The van der Waals surface area contributed by atoms with Gasteiger partial charge in [0.2, 0.25) is 5.82 Å². The van der Waals surface area contributed by atoms with Crippen molar-refractivity contribution in [3.05, 3.63) is 113 Å². The zero-order valence-corrected chi connectivity index (χ0v) is 19.6. The number of aryl methyl sites for hydroxylation is 1. The Bertz CT molecular complexity index is 1710. The van der Waals surface area contributed by atoms with E-state index in [-0.39, 0.29) is 17.7 Å². The van der Waals surface area contributed by atoms with E-state index in [1.54, 1.807) is 48.5 Å². The molecule has 5 aromatic rings. The Kier molecular flexibility index (Phi) is 5.67. The van der Waals surface area contributed by atoms with E-state index < -0.39 is 34.6 Å². The van der Waals surface area contributed by atoms with E-state index in [0.29, 0.717) is 45.8 Å². The van der Waals surface area contributed by atoms with Gasteiger partial charge in [0.05, 0.1) is 22.6 Å². The zero-order chi connectivity index (χ0) is 26.6. The molecule has 0 saturated carbocycles. The number of phenolic OH excluding ortho intramolecular Hbond substituents is 1. The highest BCUT2D eigenvalue weighted by atomic mass is 19.2. The topological polar surface area (TPSA) is 46.0 Å². The minimum absolute atomic E-state index is 0.0281. The molecule has 0 spiro atoms. The van der Waals surface area contributed by atoms with Gasteiger partial charge in [-0.3, -0.25) is 4.98 Å². The monoisotopic (exact) mass is 516 g/mol. The highest BCUT2D eigenvalue weighted by Gasteiger charge is 2.31. The van der Waals surface area contributed by atoms with Crippen LogP contribution in [0.5, 0.6) is 5.75 Å². The average molecular weight is 516 g/mol. The van der Waals surface area contributed by atoms with Crippen molar-refractivity contribution in [2.24, 2.45) is 0 Å². The van der Waals surface area contributed by atoms with E-state index in [2.05, 4.69) is 4.98 Å². The summed E-state index contributed by atoms with van der Waals surface area (Å²) in [7, 11) is 0. The molecule has 38 heavy (non-hydrogen) atoms. The second kappa shape index (κ2) is 9.06. The van der Waals surface area contributed by atoms with Crippen molar-refractivity contribution in [1.29, 1.82) is 0 Å². The molecule has 2 heterocycles. The lowest BCUT2D eigenvalue weighted by molar-refractivity contribution is 0.381. The Balaban J connectivity index is 1.67. The number of halogens is 5. The fraction of sp³-hybridized carbons (Fsp3) is 0.0667. The first-order valence-electron chi connectivity index (χ1n) is 11.7. The van der Waals surface area contributed by atoms with Crippen molar-refractivity contribution in [2.75, 3.05) is 0 Å². The van der Waals surface area contributed by atoms with E-state index in [1.165, 1.54) is 18.3 Å². The summed E-state index contributed by atoms with van der Waals surface area (Å²) in [4.78, 5) is 9.08. The number of rotatable bonds is 3. The third kappa shape index (κ3) is 3.72. The third-order valence-electron chi connectivity index (χ3n) is 6.75. The van der Waals surface area contributed by atoms with Crippen LogP contribution in [0.3, 0.4) is 0 Å². The maximum absolute atomic E-state index is 15.0. The van der Waals surface area contributed by atoms with Gasteiger partial charge in [-0.1, -0.05) is 24.3 Å². The Morgan fingerprint density at radius 2 is 1.32 bits per heavy atom. The number of para-hydroxylation sites is 1. The molecule has 1 aliphatic rings. The van der Waals surface area contributed by atoms with Gasteiger partial charge in [-0.25, -0.2) is 26.9 Å². The van der Waals surface area contributed by atoms with Crippen LogP contribution in [0.2, 0.25) is 0 Å². The maximum Gasteiger partial charge on any atom is 0.200 e. The summed E-state index contributed by atoms with van der Waals surface area (Å²) >= 11 is 0. The molecule has 3 aromatic carbocycles. The van der Waals surface area contributed by atoms with Gasteiger partial charge in [0.25, 0.3) is 0 Å². The van der Waals surface area contributed by atoms with Crippen LogP contribution in [0.25, 0.3) is 44.9 Å². The highest BCUT2D eigenvalue weighted by molar-refractivity contribution is 5.86. The van der Waals surface area contributed by atoms with Crippen LogP contribution < -0.4 is 0 Å². The molecule has 1 aliphatic carbocycles. The Morgan fingerprint density at radius 3 is 2.03 bits per heavy atom. The smallest absolute Gasteiger partial charge is 0.200 e. The number of fused-ring (bicyclic) bond motifs is 3. The lowest BCUT2D eigenvalue weighted by atomic mass is 9.82. The average Bonchev–Trinajstić information content (AvgIpc) is 2.95. The Morgan fingerprint density at radius 1 is 0.632 bits per heavy atom. The first-order chi connectivity index (χ1) is 18.3. The van der Waals surface area contributed by atoms with Crippen LogP contribution >= 0.6 is 0 Å². The zero-order valence-electron chi connectivity index (χ0n) is 19.6. The van der Waals surface area contributed by atoms with Crippen molar-refractivity contribution in [2.45, 2.75) is 12.8 Å². The third-order valence-corrected chi connectivity index (χ3v) is 6.75. The highest BCUT2D eigenvalue weighted by Crippen LogP contribution is 2.44. The van der Waals surface area contributed by atoms with Crippen molar-refractivity contribution >= 4 is 0 Å². The maximum atomic E-state index is 15.0. The molecule has 0 unspecified atom stereocenters. The molecular weight excluding hydrogens is 499 g/mol. The summed E-state index contributed by atoms with van der Waals surface area (Å²) in [5, 5.41) is 10.4. The molecule has 0 aliphatic heterocycles. The Labute approximate surface area is 213 Å². The SMILES string of the molecule is Oc1ccccc1-c1ccc2c(n1)-c1cc(-c3ccccn3)cc(-c3c(F)c(F)c(F)c(F)c3F)c1CC2. The lowest BCUT2D eigenvalue weighted by Gasteiger charge is -2.24. The van der Waals surface area contributed by atoms with Gasteiger partial charge < -0.3 is 5.11 Å². The van der Waals surface area contributed by atoms with Gasteiger partial charge in [0, 0.05) is 22.9 Å². The summed E-state index contributed by atoms with van der Waals surface area (Å²) in [6.07, 6.45) is 2.26. The number of phenols is 1. The van der Waals surface area contributed by atoms with Crippen molar-refractivity contribution in [3.8, 4) is 50.6 Å². The van der Waals surface area contributed by atoms with E-state index in [9.17, 15) is 18.3 Å². The van der Waals surface area contributed by atoms with Gasteiger partial charge >= 0.3 is 0 Å². The summed E-state index contributed by atoms with van der Waals surface area (Å²) < 4.78 is 72.4. The molecule has 0 fully saturated rings. The normalized spacial score (nSPS) is 12.2. The number of pyridine rings is 2. The van der Waals surface area contributed by atoms with Crippen LogP contribution in [0.4, 0.5) is 22.0 Å². The number of benzene rings is 3. The van der Waals surface area contributed by atoms with Crippen molar-refractivity contribution in [1.82, 2.24) is 9.97 Å². The van der Waals surface area contributed by atoms with Crippen LogP contribution in [0, 0.1) is 29.1 Å². The summed E-state index contributed by atoms with van der Waals surface area (Å²) in [6.45, 7) is 0. The van der Waals surface area contributed by atoms with Gasteiger partial charge in [-0.15, -0.1) is 0 Å². The van der Waals surface area contributed by atoms with Crippen LogP contribution in [0.15, 0.2) is 72.9 Å². The van der Waals surface area contributed by atoms with E-state index in [0.717, 1.165) is 5.56 Å². The predicted octanol–water partition coefficient (Wildman–Crippen LogP) is 7.64. The molecule has 6 rings (SSSR count). The molecule has 0 radical (unpaired) electrons. The summed E-state index contributed by atoms with van der Waals surface area (Å²) in [5.74, 6) is -10.00. The first kappa shape index (κ1) is 23.8. The number of hydrogen-bond donors (Lipinski definition) is 1. The fourth-order valence-corrected chi connectivity index (χ4v) is 4.92. The number of aromatic nitrogens is 2. The van der Waals surface area contributed by atoms with Gasteiger partial charge in [-0.05, 0) is 72.0 Å². The van der Waals surface area contributed by atoms with Crippen LogP contribution in [-0.2, 0) is 12.8 Å². The molecule has 8 heteroatoms. The molecule has 1 N–H and O–H groups in total. The van der Waals surface area contributed by atoms with E-state index >= 15 is 8.78 Å². The first-order valence-corrected chi connectivity index (χ1v) is 11.7. The Hall–Kier alpha value is -4.59. The molecule has 188 valence electrons. The van der Waals surface area contributed by atoms with Crippen molar-refractivity contribution < 1.29 is 27.1 Å².